The highest BCUT2D eigenvalue weighted by molar-refractivity contribution is 7.14. The molecule has 0 radical (unpaired) electrons. The van der Waals surface area contributed by atoms with Crippen LogP contribution >= 0.6 is 22.9 Å². The van der Waals surface area contributed by atoms with E-state index in [-0.39, 0.29) is 12.5 Å². The largest absolute Gasteiger partial charge is 0.482 e. The van der Waals surface area contributed by atoms with Crippen LogP contribution in [0.1, 0.15) is 0 Å². The Morgan fingerprint density at radius 1 is 1.21 bits per heavy atom. The lowest BCUT2D eigenvalue weighted by molar-refractivity contribution is -0.118. The van der Waals surface area contributed by atoms with E-state index in [2.05, 4.69) is 10.3 Å². The van der Waals surface area contributed by atoms with Gasteiger partial charge in [-0.15, -0.1) is 11.3 Å². The average molecular weight is 360 g/mol. The van der Waals surface area contributed by atoms with Crippen molar-refractivity contribution in [3.05, 3.63) is 58.9 Å². The van der Waals surface area contributed by atoms with E-state index in [9.17, 15) is 4.79 Å². The molecule has 0 bridgehead atoms. The number of anilines is 2. The second-order valence-corrected chi connectivity index (χ2v) is 6.19. The zero-order valence-electron chi connectivity index (χ0n) is 12.5. The summed E-state index contributed by atoms with van der Waals surface area (Å²) < 4.78 is 5.39. The van der Waals surface area contributed by atoms with E-state index in [4.69, 9.17) is 22.1 Å². The number of amides is 1. The highest BCUT2D eigenvalue weighted by atomic mass is 35.5. The number of benzene rings is 2. The predicted molar refractivity (Wildman–Crippen MR) is 97.5 cm³/mol. The number of halogens is 1. The van der Waals surface area contributed by atoms with Gasteiger partial charge in [-0.25, -0.2) is 4.98 Å². The SMILES string of the molecule is Nc1ccc(-c2csc(NC(=O)COc3ccccc3Cl)n2)cc1. The fourth-order valence-corrected chi connectivity index (χ4v) is 2.90. The Hall–Kier alpha value is -2.57. The number of aromatic nitrogens is 1. The normalized spacial score (nSPS) is 10.4. The van der Waals surface area contributed by atoms with Gasteiger partial charge in [0, 0.05) is 16.6 Å². The summed E-state index contributed by atoms with van der Waals surface area (Å²) in [5, 5.41) is 5.55. The maximum absolute atomic E-state index is 12.0. The molecule has 0 saturated heterocycles. The van der Waals surface area contributed by atoms with E-state index in [1.165, 1.54) is 11.3 Å². The minimum absolute atomic E-state index is 0.138. The first-order chi connectivity index (χ1) is 11.6. The van der Waals surface area contributed by atoms with E-state index in [1.807, 2.05) is 29.6 Å². The molecule has 0 spiro atoms. The van der Waals surface area contributed by atoms with Crippen LogP contribution in [0.5, 0.6) is 5.75 Å². The van der Waals surface area contributed by atoms with Crippen molar-refractivity contribution in [3.8, 4) is 17.0 Å². The first-order valence-corrected chi connectivity index (χ1v) is 8.36. The predicted octanol–water partition coefficient (Wildman–Crippen LogP) is 4.06. The molecule has 5 nitrogen and oxygen atoms in total. The standard InChI is InChI=1S/C17H14ClN3O2S/c18-13-3-1-2-4-15(13)23-9-16(22)21-17-20-14(10-24-17)11-5-7-12(19)8-6-11/h1-8,10H,9,19H2,(H,20,21,22). The Morgan fingerprint density at radius 2 is 1.96 bits per heavy atom. The van der Waals surface area contributed by atoms with Crippen LogP contribution in [0.3, 0.4) is 0 Å². The summed E-state index contributed by atoms with van der Waals surface area (Å²) in [7, 11) is 0. The first-order valence-electron chi connectivity index (χ1n) is 7.10. The number of carbonyl (C=O) groups excluding carboxylic acids is 1. The van der Waals surface area contributed by atoms with Crippen molar-refractivity contribution >= 4 is 39.7 Å². The topological polar surface area (TPSA) is 77.2 Å². The zero-order chi connectivity index (χ0) is 16.9. The van der Waals surface area contributed by atoms with Gasteiger partial charge < -0.3 is 10.5 Å². The van der Waals surface area contributed by atoms with Crippen LogP contribution < -0.4 is 15.8 Å². The van der Waals surface area contributed by atoms with Crippen LogP contribution in [0.2, 0.25) is 5.02 Å². The van der Waals surface area contributed by atoms with Gasteiger partial charge >= 0.3 is 0 Å². The molecule has 0 aliphatic heterocycles. The summed E-state index contributed by atoms with van der Waals surface area (Å²) in [6, 6.07) is 14.4. The molecule has 1 heterocycles. The van der Waals surface area contributed by atoms with E-state index in [1.54, 1.807) is 24.3 Å². The highest BCUT2D eigenvalue weighted by Gasteiger charge is 2.09. The number of nitrogens with one attached hydrogen (secondary N) is 1. The van der Waals surface area contributed by atoms with E-state index in [0.29, 0.717) is 21.6 Å². The molecule has 3 rings (SSSR count). The van der Waals surface area contributed by atoms with Crippen molar-refractivity contribution in [1.29, 1.82) is 0 Å². The van der Waals surface area contributed by atoms with Crippen molar-refractivity contribution in [2.75, 3.05) is 17.7 Å². The van der Waals surface area contributed by atoms with Gasteiger partial charge in [0.1, 0.15) is 5.75 Å². The Kier molecular flexibility index (Phi) is 4.98. The molecule has 0 aliphatic carbocycles. The summed E-state index contributed by atoms with van der Waals surface area (Å²) in [4.78, 5) is 16.3. The molecular weight excluding hydrogens is 346 g/mol. The van der Waals surface area contributed by atoms with Crippen LogP contribution in [0, 0.1) is 0 Å². The van der Waals surface area contributed by atoms with Gasteiger partial charge in [-0.05, 0) is 24.3 Å². The number of thiazole rings is 1. The second kappa shape index (κ2) is 7.33. The molecule has 7 heteroatoms. The number of nitrogens with two attached hydrogens (primary N) is 1. The van der Waals surface area contributed by atoms with Gasteiger partial charge in [0.15, 0.2) is 11.7 Å². The monoisotopic (exact) mass is 359 g/mol. The Morgan fingerprint density at radius 3 is 2.71 bits per heavy atom. The molecule has 1 amide bonds. The van der Waals surface area contributed by atoms with Crippen molar-refractivity contribution in [1.82, 2.24) is 4.98 Å². The van der Waals surface area contributed by atoms with Crippen molar-refractivity contribution in [2.45, 2.75) is 0 Å². The van der Waals surface area contributed by atoms with Crippen molar-refractivity contribution in [3.63, 3.8) is 0 Å². The Balaban J connectivity index is 1.59. The third kappa shape index (κ3) is 4.04. The zero-order valence-corrected chi connectivity index (χ0v) is 14.1. The van der Waals surface area contributed by atoms with Crippen LogP contribution in [0.25, 0.3) is 11.3 Å². The number of nitrogens with zero attached hydrogens (tertiary/aromatic N) is 1. The minimum Gasteiger partial charge on any atom is -0.482 e. The molecule has 3 N–H and O–H groups in total. The summed E-state index contributed by atoms with van der Waals surface area (Å²) in [5.74, 6) is 0.171. The maximum Gasteiger partial charge on any atom is 0.264 e. The summed E-state index contributed by atoms with van der Waals surface area (Å²) in [6.45, 7) is -0.138. The molecule has 0 unspecified atom stereocenters. The molecule has 0 aliphatic rings. The van der Waals surface area contributed by atoms with Crippen molar-refractivity contribution < 1.29 is 9.53 Å². The maximum atomic E-state index is 12.0. The number of ether oxygens (including phenoxy) is 1. The molecule has 3 aromatic rings. The van der Waals surface area contributed by atoms with Crippen LogP contribution in [0.4, 0.5) is 10.8 Å². The molecular formula is C17H14ClN3O2S. The van der Waals surface area contributed by atoms with E-state index >= 15 is 0 Å². The molecule has 1 aromatic heterocycles. The fraction of sp³-hybridized carbons (Fsp3) is 0.0588. The molecule has 0 atom stereocenters. The Bertz CT molecular complexity index is 849. The van der Waals surface area contributed by atoms with Gasteiger partial charge in [0.05, 0.1) is 10.7 Å². The average Bonchev–Trinajstić information content (AvgIpc) is 3.03. The van der Waals surface area contributed by atoms with Gasteiger partial charge in [-0.3, -0.25) is 10.1 Å². The molecule has 122 valence electrons. The summed E-state index contributed by atoms with van der Waals surface area (Å²) in [6.07, 6.45) is 0. The smallest absolute Gasteiger partial charge is 0.264 e. The van der Waals surface area contributed by atoms with Gasteiger partial charge in [0.2, 0.25) is 0 Å². The lowest BCUT2D eigenvalue weighted by Crippen LogP contribution is -2.20. The van der Waals surface area contributed by atoms with Crippen LogP contribution in [0.15, 0.2) is 53.9 Å². The highest BCUT2D eigenvalue weighted by Crippen LogP contribution is 2.26. The number of hydrogen-bond donors (Lipinski definition) is 2. The third-order valence-corrected chi connectivity index (χ3v) is 4.22. The van der Waals surface area contributed by atoms with Crippen molar-refractivity contribution in [2.24, 2.45) is 0 Å². The second-order valence-electron chi connectivity index (χ2n) is 4.93. The van der Waals surface area contributed by atoms with Gasteiger partial charge in [0.25, 0.3) is 5.91 Å². The number of rotatable bonds is 5. The fourth-order valence-electron chi connectivity index (χ4n) is 1.98. The first kappa shape index (κ1) is 16.3. The Labute approximate surface area is 148 Å². The molecule has 2 aromatic carbocycles. The number of para-hydroxylation sites is 1. The van der Waals surface area contributed by atoms with Crippen LogP contribution in [-0.4, -0.2) is 17.5 Å². The third-order valence-electron chi connectivity index (χ3n) is 3.15. The number of hydrogen-bond acceptors (Lipinski definition) is 5. The van der Waals surface area contributed by atoms with E-state index < -0.39 is 0 Å². The number of nitrogen functional groups attached to an aromatic ring is 1. The van der Waals surface area contributed by atoms with E-state index in [0.717, 1.165) is 11.3 Å². The lowest BCUT2D eigenvalue weighted by Gasteiger charge is -2.07. The minimum atomic E-state index is -0.298. The lowest BCUT2D eigenvalue weighted by atomic mass is 10.1. The summed E-state index contributed by atoms with van der Waals surface area (Å²) in [5.41, 5.74) is 8.08. The molecule has 0 saturated carbocycles. The van der Waals surface area contributed by atoms with Gasteiger partial charge in [-0.2, -0.15) is 0 Å². The van der Waals surface area contributed by atoms with Crippen LogP contribution in [-0.2, 0) is 4.79 Å². The molecule has 0 fully saturated rings. The summed E-state index contributed by atoms with van der Waals surface area (Å²) >= 11 is 7.32. The van der Waals surface area contributed by atoms with Gasteiger partial charge in [-0.1, -0.05) is 35.9 Å². The molecule has 24 heavy (non-hydrogen) atoms. The quantitative estimate of drug-likeness (QED) is 0.673. The number of carbonyl (C=O) groups is 1.